The molecule has 1 atom stereocenters. The minimum Gasteiger partial charge on any atom is -0.400 e. The van der Waals surface area contributed by atoms with Crippen molar-refractivity contribution in [2.24, 2.45) is 0 Å². The molecule has 2 aliphatic rings. The van der Waals surface area contributed by atoms with Crippen LogP contribution in [0.3, 0.4) is 0 Å². The molecule has 0 amide bonds. The molecule has 0 aliphatic carbocycles. The van der Waals surface area contributed by atoms with E-state index in [1.54, 1.807) is 18.0 Å². The van der Waals surface area contributed by atoms with E-state index < -0.39 is 5.30 Å². The van der Waals surface area contributed by atoms with Gasteiger partial charge in [-0.2, -0.15) is 16.7 Å². The monoisotopic (exact) mass is 538 g/mol. The van der Waals surface area contributed by atoms with Gasteiger partial charge < -0.3 is 19.9 Å². The molecular formula is C28H37B3N6OS. The topological polar surface area (TPSA) is 66.4 Å². The van der Waals surface area contributed by atoms with Gasteiger partial charge in [-0.05, 0) is 79.1 Å². The van der Waals surface area contributed by atoms with Gasteiger partial charge in [0, 0.05) is 49.1 Å². The molecule has 2 saturated heterocycles. The highest BCUT2D eigenvalue weighted by Crippen LogP contribution is 2.37. The van der Waals surface area contributed by atoms with Gasteiger partial charge in [0.05, 0.1) is 29.6 Å². The van der Waals surface area contributed by atoms with Crippen molar-refractivity contribution in [2.45, 2.75) is 63.4 Å². The summed E-state index contributed by atoms with van der Waals surface area (Å²) in [5, 5.41) is 4.21. The molecule has 0 spiro atoms. The van der Waals surface area contributed by atoms with Crippen molar-refractivity contribution in [3.8, 4) is 0 Å². The second kappa shape index (κ2) is 12.9. The van der Waals surface area contributed by atoms with Crippen molar-refractivity contribution in [3.63, 3.8) is 0 Å². The Morgan fingerprint density at radius 3 is 2.31 bits per heavy atom. The molecule has 6 radical (unpaired) electrons. The first-order valence-corrected chi connectivity index (χ1v) is 15.2. The number of anilines is 4. The number of hydrogen-bond donors (Lipinski definition) is 1. The van der Waals surface area contributed by atoms with Gasteiger partial charge >= 0.3 is 0 Å². The van der Waals surface area contributed by atoms with Crippen LogP contribution in [0.2, 0.25) is 0 Å². The smallest absolute Gasteiger partial charge is 0.227 e. The number of fused-ring (bicyclic) bond motifs is 1. The zero-order valence-electron chi connectivity index (χ0n) is 23.7. The van der Waals surface area contributed by atoms with E-state index in [1.165, 1.54) is 28.4 Å². The van der Waals surface area contributed by atoms with Crippen LogP contribution in [-0.2, 0) is 4.74 Å². The van der Waals surface area contributed by atoms with Gasteiger partial charge in [0.2, 0.25) is 5.95 Å². The van der Waals surface area contributed by atoms with E-state index >= 15 is 0 Å². The zero-order valence-corrected chi connectivity index (χ0v) is 24.5. The first-order valence-electron chi connectivity index (χ1n) is 13.6. The number of piperidine rings is 1. The Morgan fingerprint density at radius 1 is 1.00 bits per heavy atom. The first kappa shape index (κ1) is 29.6. The summed E-state index contributed by atoms with van der Waals surface area (Å²) in [4.78, 5) is 18.6. The molecule has 2 aliphatic heterocycles. The predicted molar refractivity (Wildman–Crippen MR) is 168 cm³/mol. The molecule has 0 saturated carbocycles. The number of benzene rings is 1. The highest BCUT2D eigenvalue weighted by molar-refractivity contribution is 7.97. The maximum Gasteiger partial charge on any atom is 0.227 e. The average Bonchev–Trinajstić information content (AvgIpc) is 2.88. The second-order valence-corrected chi connectivity index (χ2v) is 11.5. The Bertz CT molecular complexity index is 1250. The first-order chi connectivity index (χ1) is 18.6. The summed E-state index contributed by atoms with van der Waals surface area (Å²) in [6.45, 7) is 9.29. The molecule has 11 heteroatoms. The molecule has 2 aromatic heterocycles. The molecule has 0 bridgehead atoms. The van der Waals surface area contributed by atoms with E-state index in [2.05, 4.69) is 59.1 Å². The van der Waals surface area contributed by atoms with Crippen LogP contribution in [0, 0.1) is 0 Å². The third-order valence-electron chi connectivity index (χ3n) is 7.16. The van der Waals surface area contributed by atoms with Crippen LogP contribution >= 0.6 is 11.8 Å². The number of nitrogens with zero attached hydrogens (tertiary/aromatic N) is 5. The fraction of sp³-hybridized carbons (Fsp3) is 0.536. The van der Waals surface area contributed by atoms with Crippen molar-refractivity contribution in [1.82, 2.24) is 15.0 Å². The number of nitrogens with one attached hydrogen (secondary N) is 1. The summed E-state index contributed by atoms with van der Waals surface area (Å²) >= 11 is 1.75. The molecular weight excluding hydrogens is 501 g/mol. The molecule has 1 unspecified atom stereocenters. The Balaban J connectivity index is 0.00000112. The third kappa shape index (κ3) is 7.43. The minimum absolute atomic E-state index is 0.0800. The molecule has 3 aromatic rings. The van der Waals surface area contributed by atoms with E-state index in [1.807, 2.05) is 24.8 Å². The van der Waals surface area contributed by atoms with E-state index in [4.69, 9.17) is 38.2 Å². The van der Waals surface area contributed by atoms with Crippen molar-refractivity contribution in [2.75, 3.05) is 47.3 Å². The van der Waals surface area contributed by atoms with Crippen molar-refractivity contribution < 1.29 is 4.74 Å². The van der Waals surface area contributed by atoms with Crippen molar-refractivity contribution >= 4 is 69.3 Å². The summed E-state index contributed by atoms with van der Waals surface area (Å²) in [5.41, 5.74) is 2.58. The normalized spacial score (nSPS) is 18.1. The lowest BCUT2D eigenvalue weighted by atomic mass is 9.52. The second-order valence-electron chi connectivity index (χ2n) is 10.7. The summed E-state index contributed by atoms with van der Waals surface area (Å²) < 4.78 is 5.51. The number of thioether (sulfide) groups is 1. The number of aromatic nitrogens is 3. The van der Waals surface area contributed by atoms with Gasteiger partial charge in [-0.1, -0.05) is 19.9 Å². The lowest BCUT2D eigenvalue weighted by Crippen LogP contribution is -2.45. The molecule has 1 N–H and O–H groups in total. The van der Waals surface area contributed by atoms with E-state index in [9.17, 15) is 0 Å². The van der Waals surface area contributed by atoms with Crippen LogP contribution in [0.1, 0.15) is 51.5 Å². The fourth-order valence-electron chi connectivity index (χ4n) is 5.11. The summed E-state index contributed by atoms with van der Waals surface area (Å²) in [6.07, 6.45) is 10.5. The van der Waals surface area contributed by atoms with Gasteiger partial charge in [0.1, 0.15) is 11.6 Å². The summed E-state index contributed by atoms with van der Waals surface area (Å²) in [5.74, 6) is 2.54. The number of rotatable bonds is 7. The standard InChI is InChI=1S/C26H31B3N6O.C2H6S/c1-16(2)19-4-5-22(35-13-7-17(35)3)21-15-31-24(14-20(19)21)32-23-6-10-30-25(33-23)34-11-8-18(9-12-34)36-26(27,28)29;1-3-2/h4-6,10,14-18H,7-9,11-13H2,1-3H3,(H,30,31,32,33);1-2H3. The summed E-state index contributed by atoms with van der Waals surface area (Å²) in [7, 11) is 16.7. The lowest BCUT2D eigenvalue weighted by molar-refractivity contribution is 0.0305. The molecule has 4 heterocycles. The average molecular weight is 538 g/mol. The number of hydrogen-bond acceptors (Lipinski definition) is 8. The fourth-order valence-corrected chi connectivity index (χ4v) is 5.11. The lowest BCUT2D eigenvalue weighted by Gasteiger charge is -2.41. The minimum atomic E-state index is -1.61. The van der Waals surface area contributed by atoms with Crippen LogP contribution in [0.4, 0.5) is 23.3 Å². The van der Waals surface area contributed by atoms with Crippen molar-refractivity contribution in [3.05, 3.63) is 42.2 Å². The third-order valence-corrected chi connectivity index (χ3v) is 7.16. The summed E-state index contributed by atoms with van der Waals surface area (Å²) in [6, 6.07) is 9.08. The Hall–Kier alpha value is -2.39. The molecule has 2 fully saturated rings. The Labute approximate surface area is 241 Å². The maximum absolute atomic E-state index is 5.58. The van der Waals surface area contributed by atoms with Gasteiger partial charge in [-0.15, -0.1) is 0 Å². The van der Waals surface area contributed by atoms with E-state index in [0.717, 1.165) is 38.3 Å². The van der Waals surface area contributed by atoms with Crippen molar-refractivity contribution in [1.29, 1.82) is 0 Å². The quantitative estimate of drug-likeness (QED) is 0.440. The predicted octanol–water partition coefficient (Wildman–Crippen LogP) is 4.57. The van der Waals surface area contributed by atoms with Crippen LogP contribution < -0.4 is 15.1 Å². The number of pyridine rings is 1. The Kier molecular flexibility index (Phi) is 9.75. The van der Waals surface area contributed by atoms with E-state index in [-0.39, 0.29) is 6.10 Å². The van der Waals surface area contributed by atoms with Gasteiger partial charge in [0.15, 0.2) is 0 Å². The SMILES string of the molecule is CSC.[B]C([B])([B])OC1CCN(c2nccc(Nc3cc4c(C(C)C)ccc(N5CCC5C)c4cn3)n2)CC1. The zero-order chi connectivity index (χ0) is 28.2. The van der Waals surface area contributed by atoms with Crippen LogP contribution in [0.25, 0.3) is 10.8 Å². The molecule has 5 rings (SSSR count). The molecule has 200 valence electrons. The van der Waals surface area contributed by atoms with Gasteiger partial charge in [-0.25, -0.2) is 9.97 Å². The van der Waals surface area contributed by atoms with Crippen LogP contribution in [-0.4, -0.2) is 88.1 Å². The molecule has 1 aromatic carbocycles. The largest absolute Gasteiger partial charge is 0.400 e. The van der Waals surface area contributed by atoms with Crippen LogP contribution in [0.5, 0.6) is 0 Å². The van der Waals surface area contributed by atoms with Crippen LogP contribution in [0.15, 0.2) is 36.7 Å². The van der Waals surface area contributed by atoms with Gasteiger partial charge in [0.25, 0.3) is 0 Å². The Morgan fingerprint density at radius 2 is 1.72 bits per heavy atom. The van der Waals surface area contributed by atoms with E-state index in [0.29, 0.717) is 23.7 Å². The van der Waals surface area contributed by atoms with Gasteiger partial charge in [-0.3, -0.25) is 0 Å². The molecule has 7 nitrogen and oxygen atoms in total. The highest BCUT2D eigenvalue weighted by atomic mass is 32.2. The molecule has 39 heavy (non-hydrogen) atoms. The highest BCUT2D eigenvalue weighted by Gasteiger charge is 2.27. The number of ether oxygens (including phenoxy) is 1. The maximum atomic E-state index is 5.58.